The van der Waals surface area contributed by atoms with Gasteiger partial charge in [-0.25, -0.2) is 4.68 Å². The molecule has 0 amide bonds. The van der Waals surface area contributed by atoms with Crippen LogP contribution in [0, 0.1) is 0 Å². The number of pyridine rings is 1. The van der Waals surface area contributed by atoms with E-state index in [1.165, 1.54) is 0 Å². The number of benzene rings is 1. The maximum Gasteiger partial charge on any atom is 0.0965 e. The summed E-state index contributed by atoms with van der Waals surface area (Å²) in [6.07, 6.45) is 3.70. The molecule has 0 aliphatic carbocycles. The lowest BCUT2D eigenvalue weighted by atomic mass is 10.2. The van der Waals surface area contributed by atoms with E-state index in [1.807, 2.05) is 37.4 Å². The first-order valence-corrected chi connectivity index (χ1v) is 7.47. The van der Waals surface area contributed by atoms with Gasteiger partial charge in [-0.1, -0.05) is 33.3 Å². The van der Waals surface area contributed by atoms with Gasteiger partial charge in [-0.2, -0.15) is 0 Å². The highest BCUT2D eigenvalue weighted by molar-refractivity contribution is 9.10. The lowest BCUT2D eigenvalue weighted by molar-refractivity contribution is 0.800. The molecular weight excluding hydrogens is 372 g/mol. The van der Waals surface area contributed by atoms with Crippen molar-refractivity contribution in [1.82, 2.24) is 20.0 Å². The van der Waals surface area contributed by atoms with E-state index in [0.29, 0.717) is 0 Å². The van der Waals surface area contributed by atoms with E-state index in [2.05, 4.69) is 47.2 Å². The van der Waals surface area contributed by atoms with Crippen LogP contribution in [0.4, 0.5) is 0 Å². The van der Waals surface area contributed by atoms with Gasteiger partial charge in [-0.15, -0.1) is 5.10 Å². The molecule has 1 aromatic carbocycles. The fraction of sp³-hybridized carbons (Fsp3) is 0.154. The number of nitrogens with zero attached hydrogens (tertiary/aromatic N) is 4. The molecule has 0 saturated carbocycles. The van der Waals surface area contributed by atoms with Crippen molar-refractivity contribution in [1.29, 1.82) is 0 Å². The molecule has 0 radical (unpaired) electrons. The number of alkyl halides is 1. The van der Waals surface area contributed by atoms with Gasteiger partial charge in [0.15, 0.2) is 0 Å². The van der Waals surface area contributed by atoms with Gasteiger partial charge in [-0.05, 0) is 35.0 Å². The molecule has 4 nitrogen and oxygen atoms in total. The second kappa shape index (κ2) is 5.02. The highest BCUT2D eigenvalue weighted by Crippen LogP contribution is 2.24. The first-order valence-electron chi connectivity index (χ1n) is 5.76. The van der Waals surface area contributed by atoms with Crippen LogP contribution in [0.2, 0.25) is 0 Å². The summed E-state index contributed by atoms with van der Waals surface area (Å²) in [4.78, 5) is 4.64. The zero-order chi connectivity index (χ0) is 13.4. The first-order chi connectivity index (χ1) is 9.15. The van der Waals surface area contributed by atoms with Crippen LogP contribution in [-0.4, -0.2) is 20.0 Å². The van der Waals surface area contributed by atoms with E-state index >= 15 is 0 Å². The molecule has 2 aromatic heterocycles. The third kappa shape index (κ3) is 2.42. The molecule has 0 aliphatic rings. The van der Waals surface area contributed by atoms with Crippen molar-refractivity contribution in [2.45, 2.75) is 11.8 Å². The van der Waals surface area contributed by atoms with Crippen molar-refractivity contribution < 1.29 is 0 Å². The highest BCUT2D eigenvalue weighted by atomic mass is 79.9. The SMILES string of the molecule is CC(Br)c1cn(-c2cccc3cc(Br)cnc23)nn1. The average molecular weight is 382 g/mol. The van der Waals surface area contributed by atoms with Gasteiger partial charge >= 0.3 is 0 Å². The summed E-state index contributed by atoms with van der Waals surface area (Å²) in [7, 11) is 0. The fourth-order valence-electron chi connectivity index (χ4n) is 1.88. The van der Waals surface area contributed by atoms with Crippen LogP contribution in [0.5, 0.6) is 0 Å². The maximum absolute atomic E-state index is 4.46. The van der Waals surface area contributed by atoms with E-state index in [-0.39, 0.29) is 4.83 Å². The molecule has 0 spiro atoms. The monoisotopic (exact) mass is 380 g/mol. The van der Waals surface area contributed by atoms with Gasteiger partial charge < -0.3 is 0 Å². The topological polar surface area (TPSA) is 43.6 Å². The van der Waals surface area contributed by atoms with Crippen LogP contribution in [0.3, 0.4) is 0 Å². The summed E-state index contributed by atoms with van der Waals surface area (Å²) in [5.74, 6) is 0. The Labute approximate surface area is 127 Å². The number of halogens is 2. The minimum absolute atomic E-state index is 0.179. The molecule has 3 aromatic rings. The molecule has 3 rings (SSSR count). The molecule has 0 saturated heterocycles. The number of hydrogen-bond acceptors (Lipinski definition) is 3. The second-order valence-electron chi connectivity index (χ2n) is 4.21. The lowest BCUT2D eigenvalue weighted by Gasteiger charge is -2.05. The minimum atomic E-state index is 0.179. The Balaban J connectivity index is 2.18. The van der Waals surface area contributed by atoms with Crippen LogP contribution < -0.4 is 0 Å². The van der Waals surface area contributed by atoms with Crippen LogP contribution in [0.15, 0.2) is 41.1 Å². The van der Waals surface area contributed by atoms with Crippen molar-refractivity contribution in [2.24, 2.45) is 0 Å². The van der Waals surface area contributed by atoms with Crippen molar-refractivity contribution in [3.05, 3.63) is 46.8 Å². The Kier molecular flexibility index (Phi) is 3.36. The molecule has 2 heterocycles. The first kappa shape index (κ1) is 12.7. The van der Waals surface area contributed by atoms with Gasteiger partial charge in [0, 0.05) is 16.1 Å². The Bertz CT molecular complexity index is 736. The normalized spacial score (nSPS) is 12.8. The van der Waals surface area contributed by atoms with Crippen molar-refractivity contribution in [3.8, 4) is 5.69 Å². The molecular formula is C13H10Br2N4. The minimum Gasteiger partial charge on any atom is -0.253 e. The van der Waals surface area contributed by atoms with Gasteiger partial charge in [0.2, 0.25) is 0 Å². The zero-order valence-corrected chi connectivity index (χ0v) is 13.3. The number of aromatic nitrogens is 4. The Hall–Kier alpha value is -1.27. The highest BCUT2D eigenvalue weighted by Gasteiger charge is 2.10. The Morgan fingerprint density at radius 2 is 2.16 bits per heavy atom. The Morgan fingerprint density at radius 1 is 1.32 bits per heavy atom. The third-order valence-corrected chi connectivity index (χ3v) is 3.72. The van der Waals surface area contributed by atoms with Gasteiger partial charge in [-0.3, -0.25) is 4.98 Å². The lowest BCUT2D eigenvalue weighted by Crippen LogP contribution is -1.97. The summed E-state index contributed by atoms with van der Waals surface area (Å²) < 4.78 is 2.72. The van der Waals surface area contributed by atoms with Gasteiger partial charge in [0.05, 0.1) is 27.9 Å². The predicted molar refractivity (Wildman–Crippen MR) is 81.7 cm³/mol. The largest absolute Gasteiger partial charge is 0.253 e. The smallest absolute Gasteiger partial charge is 0.0965 e. The quantitative estimate of drug-likeness (QED) is 0.629. The summed E-state index contributed by atoms with van der Waals surface area (Å²) >= 11 is 6.92. The van der Waals surface area contributed by atoms with E-state index in [0.717, 1.165) is 26.8 Å². The molecule has 6 heteroatoms. The number of fused-ring (bicyclic) bond motifs is 1. The average Bonchev–Trinajstić information content (AvgIpc) is 2.87. The van der Waals surface area contributed by atoms with Crippen LogP contribution >= 0.6 is 31.9 Å². The molecule has 0 N–H and O–H groups in total. The summed E-state index contributed by atoms with van der Waals surface area (Å²) in [5.41, 5.74) is 2.73. The van der Waals surface area contributed by atoms with E-state index in [1.54, 1.807) is 10.9 Å². The van der Waals surface area contributed by atoms with E-state index < -0.39 is 0 Å². The van der Waals surface area contributed by atoms with Gasteiger partial charge in [0.25, 0.3) is 0 Å². The molecule has 0 bridgehead atoms. The van der Waals surface area contributed by atoms with Crippen molar-refractivity contribution >= 4 is 42.8 Å². The molecule has 1 atom stereocenters. The summed E-state index contributed by atoms with van der Waals surface area (Å²) in [5, 5.41) is 9.38. The summed E-state index contributed by atoms with van der Waals surface area (Å²) in [6.45, 7) is 2.02. The van der Waals surface area contributed by atoms with Crippen LogP contribution in [0.25, 0.3) is 16.6 Å². The molecule has 0 fully saturated rings. The second-order valence-corrected chi connectivity index (χ2v) is 6.50. The van der Waals surface area contributed by atoms with E-state index in [9.17, 15) is 0 Å². The fourth-order valence-corrected chi connectivity index (χ4v) is 2.44. The predicted octanol–water partition coefficient (Wildman–Crippen LogP) is 4.03. The third-order valence-electron chi connectivity index (χ3n) is 2.82. The number of hydrogen-bond donors (Lipinski definition) is 0. The zero-order valence-electron chi connectivity index (χ0n) is 10.1. The van der Waals surface area contributed by atoms with Crippen molar-refractivity contribution in [3.63, 3.8) is 0 Å². The van der Waals surface area contributed by atoms with Gasteiger partial charge in [0.1, 0.15) is 0 Å². The molecule has 0 aliphatic heterocycles. The number of para-hydroxylation sites is 1. The molecule has 96 valence electrons. The van der Waals surface area contributed by atoms with Crippen LogP contribution in [-0.2, 0) is 0 Å². The Morgan fingerprint density at radius 3 is 2.89 bits per heavy atom. The van der Waals surface area contributed by atoms with Crippen LogP contribution in [0.1, 0.15) is 17.4 Å². The summed E-state index contributed by atoms with van der Waals surface area (Å²) in [6, 6.07) is 8.05. The number of rotatable bonds is 2. The maximum atomic E-state index is 4.46. The van der Waals surface area contributed by atoms with E-state index in [4.69, 9.17) is 0 Å². The molecule has 1 unspecified atom stereocenters. The van der Waals surface area contributed by atoms with Crippen molar-refractivity contribution in [2.75, 3.05) is 0 Å². The standard InChI is InChI=1S/C13H10Br2N4/c1-8(14)11-7-19(18-17-11)12-4-2-3-9-5-10(15)6-16-13(9)12/h2-8H,1H3. The molecule has 19 heavy (non-hydrogen) atoms.